The first-order valence-corrected chi connectivity index (χ1v) is 7.37. The molecule has 0 aliphatic heterocycles. The van der Waals surface area contributed by atoms with E-state index < -0.39 is 10.8 Å². The lowest BCUT2D eigenvalue weighted by Crippen LogP contribution is -2.00. The van der Waals surface area contributed by atoms with Gasteiger partial charge in [-0.1, -0.05) is 29.8 Å². The van der Waals surface area contributed by atoms with Crippen molar-refractivity contribution in [3.63, 3.8) is 0 Å². The van der Waals surface area contributed by atoms with Crippen LogP contribution in [0.5, 0.6) is 5.75 Å². The van der Waals surface area contributed by atoms with Crippen LogP contribution in [-0.4, -0.2) is 11.3 Å². The standard InChI is InChI=1S/C14H14ClNO2S/c1-18-13-5-3-2-4-10(13)9-19(17)14-7-6-11(16)8-12(14)15/h2-8H,9,16H2,1H3. The Labute approximate surface area is 119 Å². The Morgan fingerprint density at radius 3 is 2.68 bits per heavy atom. The number of nitrogens with two attached hydrogens (primary N) is 1. The highest BCUT2D eigenvalue weighted by atomic mass is 35.5. The van der Waals surface area contributed by atoms with Crippen LogP contribution in [0.4, 0.5) is 5.69 Å². The predicted molar refractivity (Wildman–Crippen MR) is 79.0 cm³/mol. The average molecular weight is 296 g/mol. The molecule has 2 aromatic rings. The quantitative estimate of drug-likeness (QED) is 0.881. The second-order valence-electron chi connectivity index (χ2n) is 3.99. The lowest BCUT2D eigenvalue weighted by molar-refractivity contribution is 0.411. The first kappa shape index (κ1) is 13.9. The summed E-state index contributed by atoms with van der Waals surface area (Å²) in [4.78, 5) is 0.585. The number of para-hydroxylation sites is 1. The van der Waals surface area contributed by atoms with Crippen molar-refractivity contribution in [1.29, 1.82) is 0 Å². The van der Waals surface area contributed by atoms with Gasteiger partial charge in [-0.2, -0.15) is 0 Å². The van der Waals surface area contributed by atoms with E-state index in [4.69, 9.17) is 22.1 Å². The fraction of sp³-hybridized carbons (Fsp3) is 0.143. The molecule has 0 amide bonds. The van der Waals surface area contributed by atoms with E-state index in [1.807, 2.05) is 24.3 Å². The Bertz CT molecular complexity index is 616. The van der Waals surface area contributed by atoms with Gasteiger partial charge in [-0.25, -0.2) is 0 Å². The SMILES string of the molecule is COc1ccccc1CS(=O)c1ccc(N)cc1Cl. The smallest absolute Gasteiger partial charge is 0.122 e. The molecule has 2 N–H and O–H groups in total. The second-order valence-corrected chi connectivity index (χ2v) is 5.82. The number of benzene rings is 2. The fourth-order valence-corrected chi connectivity index (χ4v) is 3.36. The molecule has 0 aliphatic rings. The Hall–Kier alpha value is -1.52. The molecule has 0 heterocycles. The first-order chi connectivity index (χ1) is 9.11. The van der Waals surface area contributed by atoms with E-state index in [9.17, 15) is 4.21 Å². The molecule has 0 radical (unpaired) electrons. The van der Waals surface area contributed by atoms with Gasteiger partial charge in [0.15, 0.2) is 0 Å². The Kier molecular flexibility index (Phi) is 4.45. The lowest BCUT2D eigenvalue weighted by atomic mass is 10.2. The van der Waals surface area contributed by atoms with Gasteiger partial charge in [0.2, 0.25) is 0 Å². The predicted octanol–water partition coefficient (Wildman–Crippen LogP) is 3.24. The Morgan fingerprint density at radius 1 is 1.26 bits per heavy atom. The molecular formula is C14H14ClNO2S. The van der Waals surface area contributed by atoms with Crippen LogP contribution < -0.4 is 10.5 Å². The number of hydrogen-bond donors (Lipinski definition) is 1. The van der Waals surface area contributed by atoms with E-state index in [2.05, 4.69) is 0 Å². The summed E-state index contributed by atoms with van der Waals surface area (Å²) >= 11 is 6.06. The second kappa shape index (κ2) is 6.08. The molecule has 0 bridgehead atoms. The van der Waals surface area contributed by atoms with Crippen LogP contribution in [0.3, 0.4) is 0 Å². The molecule has 1 unspecified atom stereocenters. The molecule has 0 aliphatic carbocycles. The number of halogens is 1. The maximum absolute atomic E-state index is 12.3. The van der Waals surface area contributed by atoms with Crippen LogP contribution >= 0.6 is 11.6 Å². The zero-order valence-electron chi connectivity index (χ0n) is 10.4. The number of hydrogen-bond acceptors (Lipinski definition) is 3. The van der Waals surface area contributed by atoms with Crippen LogP contribution in [0.2, 0.25) is 5.02 Å². The van der Waals surface area contributed by atoms with E-state index >= 15 is 0 Å². The molecule has 2 aromatic carbocycles. The normalized spacial score (nSPS) is 12.1. The molecular weight excluding hydrogens is 282 g/mol. The summed E-state index contributed by atoms with van der Waals surface area (Å²) in [6.07, 6.45) is 0. The van der Waals surface area contributed by atoms with Crippen molar-refractivity contribution in [1.82, 2.24) is 0 Å². The van der Waals surface area contributed by atoms with E-state index in [0.29, 0.717) is 21.4 Å². The van der Waals surface area contributed by atoms with Crippen LogP contribution in [0.1, 0.15) is 5.56 Å². The van der Waals surface area contributed by atoms with E-state index in [-0.39, 0.29) is 0 Å². The monoisotopic (exact) mass is 295 g/mol. The summed E-state index contributed by atoms with van der Waals surface area (Å²) < 4.78 is 17.6. The number of nitrogen functional groups attached to an aromatic ring is 1. The van der Waals surface area contributed by atoms with Gasteiger partial charge in [0, 0.05) is 11.3 Å². The largest absolute Gasteiger partial charge is 0.496 e. The zero-order chi connectivity index (χ0) is 13.8. The van der Waals surface area contributed by atoms with Crippen molar-refractivity contribution in [3.8, 4) is 5.75 Å². The molecule has 5 heteroatoms. The first-order valence-electron chi connectivity index (χ1n) is 5.67. The molecule has 19 heavy (non-hydrogen) atoms. The summed E-state index contributed by atoms with van der Waals surface area (Å²) in [5.74, 6) is 1.08. The molecule has 0 fully saturated rings. The van der Waals surface area contributed by atoms with Crippen molar-refractivity contribution in [2.24, 2.45) is 0 Å². The minimum Gasteiger partial charge on any atom is -0.496 e. The third kappa shape index (κ3) is 3.28. The summed E-state index contributed by atoms with van der Waals surface area (Å²) in [6, 6.07) is 12.5. The molecule has 0 spiro atoms. The number of methoxy groups -OCH3 is 1. The number of rotatable bonds is 4. The third-order valence-corrected chi connectivity index (χ3v) is 4.52. The highest BCUT2D eigenvalue weighted by Crippen LogP contribution is 2.26. The van der Waals surface area contributed by atoms with Gasteiger partial charge in [0.1, 0.15) is 5.75 Å². The zero-order valence-corrected chi connectivity index (χ0v) is 12.0. The molecule has 3 nitrogen and oxygen atoms in total. The third-order valence-electron chi connectivity index (χ3n) is 2.68. The number of ether oxygens (including phenoxy) is 1. The lowest BCUT2D eigenvalue weighted by Gasteiger charge is -2.09. The average Bonchev–Trinajstić information content (AvgIpc) is 2.39. The van der Waals surface area contributed by atoms with Crippen molar-refractivity contribution in [3.05, 3.63) is 53.1 Å². The van der Waals surface area contributed by atoms with Crippen LogP contribution in [0, 0.1) is 0 Å². The van der Waals surface area contributed by atoms with E-state index in [0.717, 1.165) is 11.3 Å². The maximum Gasteiger partial charge on any atom is 0.122 e. The summed E-state index contributed by atoms with van der Waals surface area (Å²) in [5.41, 5.74) is 7.07. The summed E-state index contributed by atoms with van der Waals surface area (Å²) in [7, 11) is 0.362. The topological polar surface area (TPSA) is 52.3 Å². The Morgan fingerprint density at radius 2 is 2.00 bits per heavy atom. The molecule has 2 rings (SSSR count). The Balaban J connectivity index is 2.26. The van der Waals surface area contributed by atoms with Gasteiger partial charge in [0.25, 0.3) is 0 Å². The van der Waals surface area contributed by atoms with E-state index in [1.165, 1.54) is 0 Å². The van der Waals surface area contributed by atoms with Crippen LogP contribution in [0.15, 0.2) is 47.4 Å². The van der Waals surface area contributed by atoms with Crippen LogP contribution in [-0.2, 0) is 16.6 Å². The van der Waals surface area contributed by atoms with Gasteiger partial charge in [0.05, 0.1) is 33.6 Å². The van der Waals surface area contributed by atoms with Crippen molar-refractivity contribution in [2.45, 2.75) is 10.6 Å². The summed E-state index contributed by atoms with van der Waals surface area (Å²) in [5, 5.41) is 0.424. The maximum atomic E-state index is 12.3. The minimum atomic E-state index is -1.23. The van der Waals surface area contributed by atoms with Gasteiger partial charge in [-0.15, -0.1) is 0 Å². The van der Waals surface area contributed by atoms with Gasteiger partial charge >= 0.3 is 0 Å². The van der Waals surface area contributed by atoms with Crippen molar-refractivity contribution >= 4 is 28.1 Å². The highest BCUT2D eigenvalue weighted by Gasteiger charge is 2.12. The van der Waals surface area contributed by atoms with Gasteiger partial charge in [-0.05, 0) is 24.3 Å². The van der Waals surface area contributed by atoms with Crippen molar-refractivity contribution < 1.29 is 8.95 Å². The van der Waals surface area contributed by atoms with Crippen LogP contribution in [0.25, 0.3) is 0 Å². The fourth-order valence-electron chi connectivity index (χ4n) is 1.74. The van der Waals surface area contributed by atoms with E-state index in [1.54, 1.807) is 25.3 Å². The highest BCUT2D eigenvalue weighted by molar-refractivity contribution is 7.84. The molecule has 0 saturated heterocycles. The minimum absolute atomic E-state index is 0.355. The number of anilines is 1. The van der Waals surface area contributed by atoms with Crippen molar-refractivity contribution in [2.75, 3.05) is 12.8 Å². The van der Waals surface area contributed by atoms with Gasteiger partial charge in [-0.3, -0.25) is 4.21 Å². The summed E-state index contributed by atoms with van der Waals surface area (Å²) in [6.45, 7) is 0. The van der Waals surface area contributed by atoms with Gasteiger partial charge < -0.3 is 10.5 Å². The molecule has 0 aromatic heterocycles. The molecule has 0 saturated carbocycles. The molecule has 100 valence electrons. The molecule has 1 atom stereocenters.